The number of carbonyl (C=O) groups excluding carboxylic acids is 1. The van der Waals surface area contributed by atoms with Crippen molar-refractivity contribution in [3.05, 3.63) is 47.7 Å². The van der Waals surface area contributed by atoms with Gasteiger partial charge in [0.2, 0.25) is 5.88 Å². The first-order valence-electron chi connectivity index (χ1n) is 6.44. The van der Waals surface area contributed by atoms with Gasteiger partial charge >= 0.3 is 5.97 Å². The van der Waals surface area contributed by atoms with Crippen molar-refractivity contribution in [2.24, 2.45) is 0 Å². The van der Waals surface area contributed by atoms with Gasteiger partial charge in [-0.05, 0) is 30.7 Å². The summed E-state index contributed by atoms with van der Waals surface area (Å²) in [4.78, 5) is 15.9. The van der Waals surface area contributed by atoms with Crippen molar-refractivity contribution in [1.82, 2.24) is 4.98 Å². The third-order valence-corrected chi connectivity index (χ3v) is 2.66. The SMILES string of the molecule is CCOC(=O)c1cc(N)cnc1Oc1cccc(CO)c1. The number of nitrogen functional groups attached to an aromatic ring is 1. The van der Waals surface area contributed by atoms with E-state index in [2.05, 4.69) is 4.98 Å². The number of rotatable bonds is 5. The zero-order valence-corrected chi connectivity index (χ0v) is 11.6. The average molecular weight is 288 g/mol. The standard InChI is InChI=1S/C15H16N2O4/c1-2-20-15(19)13-7-11(16)8-17-14(13)21-12-5-3-4-10(6-12)9-18/h3-8,18H,2,9,16H2,1H3. The third kappa shape index (κ3) is 3.70. The van der Waals surface area contributed by atoms with Gasteiger partial charge in [-0.15, -0.1) is 0 Å². The van der Waals surface area contributed by atoms with E-state index in [0.29, 0.717) is 17.0 Å². The van der Waals surface area contributed by atoms with E-state index in [1.165, 1.54) is 12.3 Å². The van der Waals surface area contributed by atoms with Gasteiger partial charge in [0.25, 0.3) is 0 Å². The molecule has 0 amide bonds. The zero-order valence-electron chi connectivity index (χ0n) is 11.6. The first-order chi connectivity index (χ1) is 10.1. The maximum Gasteiger partial charge on any atom is 0.343 e. The lowest BCUT2D eigenvalue weighted by atomic mass is 10.2. The molecule has 0 aliphatic rings. The van der Waals surface area contributed by atoms with Crippen molar-refractivity contribution in [2.45, 2.75) is 13.5 Å². The number of aliphatic hydroxyl groups is 1. The highest BCUT2D eigenvalue weighted by Crippen LogP contribution is 2.26. The van der Waals surface area contributed by atoms with Crippen LogP contribution in [0.4, 0.5) is 5.69 Å². The van der Waals surface area contributed by atoms with E-state index < -0.39 is 5.97 Å². The monoisotopic (exact) mass is 288 g/mol. The number of benzene rings is 1. The molecule has 2 aromatic rings. The topological polar surface area (TPSA) is 94.7 Å². The summed E-state index contributed by atoms with van der Waals surface area (Å²) >= 11 is 0. The highest BCUT2D eigenvalue weighted by molar-refractivity contribution is 5.92. The molecule has 1 heterocycles. The molecule has 1 aromatic carbocycles. The molecule has 2 rings (SSSR count). The van der Waals surface area contributed by atoms with E-state index in [1.807, 2.05) is 0 Å². The van der Waals surface area contributed by atoms with Gasteiger partial charge in [0.15, 0.2) is 0 Å². The first-order valence-corrected chi connectivity index (χ1v) is 6.44. The number of nitrogens with zero attached hydrogens (tertiary/aromatic N) is 1. The summed E-state index contributed by atoms with van der Waals surface area (Å²) in [7, 11) is 0. The summed E-state index contributed by atoms with van der Waals surface area (Å²) in [5.41, 5.74) is 6.84. The highest BCUT2D eigenvalue weighted by Gasteiger charge is 2.16. The predicted octanol–water partition coefficient (Wildman–Crippen LogP) is 2.13. The van der Waals surface area contributed by atoms with Gasteiger partial charge in [0.1, 0.15) is 11.3 Å². The lowest BCUT2D eigenvalue weighted by Gasteiger charge is -2.10. The van der Waals surface area contributed by atoms with Gasteiger partial charge in [-0.25, -0.2) is 9.78 Å². The van der Waals surface area contributed by atoms with Gasteiger partial charge in [0.05, 0.1) is 25.1 Å². The summed E-state index contributed by atoms with van der Waals surface area (Å²) in [5.74, 6) is 0.0210. The molecule has 0 spiro atoms. The summed E-state index contributed by atoms with van der Waals surface area (Å²) in [5, 5.41) is 9.12. The molecule has 21 heavy (non-hydrogen) atoms. The van der Waals surface area contributed by atoms with E-state index in [1.54, 1.807) is 31.2 Å². The number of carbonyl (C=O) groups is 1. The molecule has 3 N–H and O–H groups in total. The van der Waals surface area contributed by atoms with Gasteiger partial charge in [0, 0.05) is 0 Å². The lowest BCUT2D eigenvalue weighted by Crippen LogP contribution is -2.08. The maximum atomic E-state index is 11.9. The lowest BCUT2D eigenvalue weighted by molar-refractivity contribution is 0.0523. The molecule has 0 atom stereocenters. The Morgan fingerprint density at radius 1 is 1.38 bits per heavy atom. The third-order valence-electron chi connectivity index (χ3n) is 2.66. The van der Waals surface area contributed by atoms with Crippen LogP contribution in [0.25, 0.3) is 0 Å². The van der Waals surface area contributed by atoms with Crippen LogP contribution in [0.1, 0.15) is 22.8 Å². The molecule has 6 heteroatoms. The molecule has 0 unspecified atom stereocenters. The Hall–Kier alpha value is -2.60. The number of anilines is 1. The van der Waals surface area contributed by atoms with Crippen molar-refractivity contribution in [2.75, 3.05) is 12.3 Å². The van der Waals surface area contributed by atoms with Crippen molar-refractivity contribution in [3.8, 4) is 11.6 Å². The Kier molecular flexibility index (Phi) is 4.73. The second-order valence-corrected chi connectivity index (χ2v) is 4.25. The van der Waals surface area contributed by atoms with Crippen LogP contribution in [-0.4, -0.2) is 22.7 Å². The Labute approximate surface area is 122 Å². The van der Waals surface area contributed by atoms with Gasteiger partial charge in [-0.3, -0.25) is 0 Å². The van der Waals surface area contributed by atoms with E-state index in [-0.39, 0.29) is 24.7 Å². The van der Waals surface area contributed by atoms with E-state index in [9.17, 15) is 4.79 Å². The largest absolute Gasteiger partial charge is 0.462 e. The summed E-state index contributed by atoms with van der Waals surface area (Å²) in [6.45, 7) is 1.85. The maximum absolute atomic E-state index is 11.9. The number of hydrogen-bond donors (Lipinski definition) is 2. The smallest absolute Gasteiger partial charge is 0.343 e. The van der Waals surface area contributed by atoms with Crippen LogP contribution < -0.4 is 10.5 Å². The minimum absolute atomic E-state index is 0.100. The molecule has 0 aliphatic carbocycles. The normalized spacial score (nSPS) is 10.2. The number of aliphatic hydroxyl groups excluding tert-OH is 1. The fourth-order valence-electron chi connectivity index (χ4n) is 1.72. The van der Waals surface area contributed by atoms with Gasteiger partial charge in [-0.2, -0.15) is 0 Å². The first kappa shape index (κ1) is 14.8. The fraction of sp³-hybridized carbons (Fsp3) is 0.200. The number of nitrogens with two attached hydrogens (primary N) is 1. The van der Waals surface area contributed by atoms with Crippen molar-refractivity contribution < 1.29 is 19.4 Å². The summed E-state index contributed by atoms with van der Waals surface area (Å²) in [6, 6.07) is 8.31. The van der Waals surface area contributed by atoms with Crippen molar-refractivity contribution >= 4 is 11.7 Å². The zero-order chi connectivity index (χ0) is 15.2. The molecule has 0 radical (unpaired) electrons. The number of esters is 1. The summed E-state index contributed by atoms with van der Waals surface area (Å²) < 4.78 is 10.5. The second-order valence-electron chi connectivity index (χ2n) is 4.25. The molecule has 6 nitrogen and oxygen atoms in total. The van der Waals surface area contributed by atoms with Crippen LogP contribution >= 0.6 is 0 Å². The van der Waals surface area contributed by atoms with E-state index in [4.69, 9.17) is 20.3 Å². The van der Waals surface area contributed by atoms with E-state index >= 15 is 0 Å². The Morgan fingerprint density at radius 2 is 2.19 bits per heavy atom. The molecule has 0 aliphatic heterocycles. The number of hydrogen-bond acceptors (Lipinski definition) is 6. The van der Waals surface area contributed by atoms with Crippen LogP contribution in [0.5, 0.6) is 11.6 Å². The number of ether oxygens (including phenoxy) is 2. The Bertz CT molecular complexity index is 643. The molecule has 0 bridgehead atoms. The van der Waals surface area contributed by atoms with Crippen LogP contribution in [0.15, 0.2) is 36.5 Å². The van der Waals surface area contributed by atoms with Crippen molar-refractivity contribution in [1.29, 1.82) is 0 Å². The quantitative estimate of drug-likeness (QED) is 0.818. The Morgan fingerprint density at radius 3 is 2.90 bits per heavy atom. The van der Waals surface area contributed by atoms with Crippen LogP contribution in [0.2, 0.25) is 0 Å². The molecule has 0 saturated carbocycles. The molecular weight excluding hydrogens is 272 g/mol. The van der Waals surface area contributed by atoms with Crippen LogP contribution in [0, 0.1) is 0 Å². The van der Waals surface area contributed by atoms with Gasteiger partial charge < -0.3 is 20.3 Å². The van der Waals surface area contributed by atoms with Crippen LogP contribution in [0.3, 0.4) is 0 Å². The summed E-state index contributed by atoms with van der Waals surface area (Å²) in [6.07, 6.45) is 1.40. The molecule has 0 saturated heterocycles. The minimum Gasteiger partial charge on any atom is -0.462 e. The van der Waals surface area contributed by atoms with Crippen LogP contribution in [-0.2, 0) is 11.3 Å². The Balaban J connectivity index is 2.32. The molecule has 1 aromatic heterocycles. The van der Waals surface area contributed by atoms with Crippen molar-refractivity contribution in [3.63, 3.8) is 0 Å². The predicted molar refractivity (Wildman–Crippen MR) is 77.0 cm³/mol. The second kappa shape index (κ2) is 6.71. The average Bonchev–Trinajstić information content (AvgIpc) is 2.49. The fourth-order valence-corrected chi connectivity index (χ4v) is 1.72. The minimum atomic E-state index is -0.550. The highest BCUT2D eigenvalue weighted by atomic mass is 16.5. The number of pyridine rings is 1. The molecular formula is C15H16N2O4. The number of aromatic nitrogens is 1. The molecule has 110 valence electrons. The van der Waals surface area contributed by atoms with Gasteiger partial charge in [-0.1, -0.05) is 12.1 Å². The molecule has 0 fully saturated rings. The van der Waals surface area contributed by atoms with E-state index in [0.717, 1.165) is 0 Å².